The molecule has 1 aromatic rings. The molecule has 114 valence electrons. The van der Waals surface area contributed by atoms with Crippen LogP contribution in [0.3, 0.4) is 0 Å². The quantitative estimate of drug-likeness (QED) is 0.905. The molecule has 0 radical (unpaired) electrons. The van der Waals surface area contributed by atoms with Crippen molar-refractivity contribution >= 4 is 5.69 Å². The Morgan fingerprint density at radius 1 is 0.952 bits per heavy atom. The summed E-state index contributed by atoms with van der Waals surface area (Å²) in [7, 11) is 0. The number of piperidine rings is 1. The molecule has 0 aromatic heterocycles. The van der Waals surface area contributed by atoms with Crippen LogP contribution >= 0.6 is 0 Å². The first-order chi connectivity index (χ1) is 10.2. The van der Waals surface area contributed by atoms with Gasteiger partial charge in [0.2, 0.25) is 0 Å². The molecule has 21 heavy (non-hydrogen) atoms. The average molecular weight is 289 g/mol. The summed E-state index contributed by atoms with van der Waals surface area (Å²) in [5, 5.41) is 0. The number of hydrogen-bond donors (Lipinski definition) is 1. The van der Waals surface area contributed by atoms with Crippen molar-refractivity contribution in [1.29, 1.82) is 0 Å². The highest BCUT2D eigenvalue weighted by Gasteiger charge is 2.42. The number of nitrogens with two attached hydrogens (primary N) is 1. The van der Waals surface area contributed by atoms with E-state index in [-0.39, 0.29) is 5.82 Å². The van der Waals surface area contributed by atoms with Gasteiger partial charge in [-0.3, -0.25) is 4.90 Å². The highest BCUT2D eigenvalue weighted by Crippen LogP contribution is 2.37. The van der Waals surface area contributed by atoms with Gasteiger partial charge in [0.05, 0.1) is 0 Å². The lowest BCUT2D eigenvalue weighted by Crippen LogP contribution is -2.52. The number of anilines is 1. The Morgan fingerprint density at radius 3 is 2.29 bits per heavy atom. The minimum absolute atomic E-state index is 0.156. The molecule has 1 aromatic carbocycles. The van der Waals surface area contributed by atoms with Gasteiger partial charge >= 0.3 is 0 Å². The van der Waals surface area contributed by atoms with E-state index in [9.17, 15) is 4.39 Å². The average Bonchev–Trinajstić information content (AvgIpc) is 3.03. The van der Waals surface area contributed by atoms with Gasteiger partial charge in [0.25, 0.3) is 0 Å². The second kappa shape index (κ2) is 5.25. The molecule has 0 spiro atoms. The zero-order valence-electron chi connectivity index (χ0n) is 12.4. The molecule has 2 heterocycles. The number of hydrogen-bond acceptors (Lipinski definition) is 3. The first kappa shape index (κ1) is 13.5. The Bertz CT molecular complexity index is 489. The largest absolute Gasteiger partial charge is 0.370 e. The molecular formula is C17H24FN3. The topological polar surface area (TPSA) is 32.5 Å². The minimum atomic E-state index is -0.156. The van der Waals surface area contributed by atoms with Gasteiger partial charge in [-0.05, 0) is 55.4 Å². The molecule has 2 unspecified atom stereocenters. The van der Waals surface area contributed by atoms with Crippen molar-refractivity contribution in [3.8, 4) is 0 Å². The van der Waals surface area contributed by atoms with Crippen molar-refractivity contribution in [2.45, 2.75) is 31.3 Å². The molecule has 2 aliphatic heterocycles. The second-order valence-electron chi connectivity index (χ2n) is 6.99. The predicted molar refractivity (Wildman–Crippen MR) is 82.8 cm³/mol. The summed E-state index contributed by atoms with van der Waals surface area (Å²) < 4.78 is 13.0. The summed E-state index contributed by atoms with van der Waals surface area (Å²) in [5.41, 5.74) is 7.45. The van der Waals surface area contributed by atoms with E-state index in [1.807, 2.05) is 12.1 Å². The molecule has 4 atom stereocenters. The highest BCUT2D eigenvalue weighted by atomic mass is 19.1. The van der Waals surface area contributed by atoms with Crippen LogP contribution in [-0.4, -0.2) is 43.2 Å². The van der Waals surface area contributed by atoms with Gasteiger partial charge in [0.1, 0.15) is 5.82 Å². The zero-order chi connectivity index (χ0) is 14.4. The number of benzene rings is 1. The summed E-state index contributed by atoms with van der Waals surface area (Å²) in [5.74, 6) is 1.27. The molecule has 1 saturated carbocycles. The molecule has 3 nitrogen and oxygen atoms in total. The fourth-order valence-electron chi connectivity index (χ4n) is 4.53. The van der Waals surface area contributed by atoms with E-state index in [0.29, 0.717) is 23.9 Å². The predicted octanol–water partition coefficient (Wildman–Crippen LogP) is 2.07. The summed E-state index contributed by atoms with van der Waals surface area (Å²) in [6.07, 6.45) is 3.85. The lowest BCUT2D eigenvalue weighted by atomic mass is 9.92. The number of rotatable bonds is 2. The van der Waals surface area contributed by atoms with Crippen molar-refractivity contribution in [1.82, 2.24) is 4.90 Å². The van der Waals surface area contributed by atoms with E-state index in [4.69, 9.17) is 5.73 Å². The third-order valence-corrected chi connectivity index (χ3v) is 5.81. The van der Waals surface area contributed by atoms with Gasteiger partial charge in [-0.25, -0.2) is 4.39 Å². The maximum Gasteiger partial charge on any atom is 0.123 e. The summed E-state index contributed by atoms with van der Waals surface area (Å²) in [6.45, 7) is 4.51. The molecule has 2 saturated heterocycles. The third kappa shape index (κ3) is 2.44. The van der Waals surface area contributed by atoms with Gasteiger partial charge in [-0.15, -0.1) is 0 Å². The summed E-state index contributed by atoms with van der Waals surface area (Å²) in [4.78, 5) is 5.07. The van der Waals surface area contributed by atoms with Crippen molar-refractivity contribution in [2.75, 3.05) is 31.1 Å². The second-order valence-corrected chi connectivity index (χ2v) is 6.99. The zero-order valence-corrected chi connectivity index (χ0v) is 12.4. The Morgan fingerprint density at radius 2 is 1.62 bits per heavy atom. The lowest BCUT2D eigenvalue weighted by Gasteiger charge is -2.39. The van der Waals surface area contributed by atoms with E-state index in [1.54, 1.807) is 12.1 Å². The van der Waals surface area contributed by atoms with Crippen molar-refractivity contribution < 1.29 is 4.39 Å². The molecule has 4 heteroatoms. The van der Waals surface area contributed by atoms with Crippen molar-refractivity contribution in [3.63, 3.8) is 0 Å². The molecule has 2 N–H and O–H groups in total. The van der Waals surface area contributed by atoms with Crippen LogP contribution in [0.15, 0.2) is 24.3 Å². The lowest BCUT2D eigenvalue weighted by molar-refractivity contribution is 0.110. The normalized spacial score (nSPS) is 36.4. The third-order valence-electron chi connectivity index (χ3n) is 5.81. The Balaban J connectivity index is 1.41. The first-order valence-corrected chi connectivity index (χ1v) is 8.21. The number of nitrogens with zero attached hydrogens (tertiary/aromatic N) is 2. The first-order valence-electron chi connectivity index (χ1n) is 8.21. The highest BCUT2D eigenvalue weighted by molar-refractivity contribution is 5.47. The molecule has 3 aliphatic rings. The molecule has 1 aliphatic carbocycles. The summed E-state index contributed by atoms with van der Waals surface area (Å²) in [6, 6.07) is 7.99. The smallest absolute Gasteiger partial charge is 0.123 e. The van der Waals surface area contributed by atoms with Crippen LogP contribution in [0.2, 0.25) is 0 Å². The van der Waals surface area contributed by atoms with E-state index < -0.39 is 0 Å². The number of likely N-dealkylation sites (tertiary alicyclic amines) is 1. The van der Waals surface area contributed by atoms with Crippen molar-refractivity contribution in [2.24, 2.45) is 17.6 Å². The molecule has 2 bridgehead atoms. The van der Waals surface area contributed by atoms with Gasteiger partial charge in [-0.2, -0.15) is 0 Å². The minimum Gasteiger partial charge on any atom is -0.370 e. The standard InChI is InChI=1S/C17H24FN3/c18-14-3-5-15(6-4-14)20-8-7-16(11-20)21-9-12-1-2-13(10-21)17(12)19/h3-6,12-13,16-17H,1-2,7-11,19H2/t12-,13+,16?,17?. The molecule has 0 amide bonds. The van der Waals surface area contributed by atoms with Crippen LogP contribution in [0.5, 0.6) is 0 Å². The Kier molecular flexibility index (Phi) is 3.38. The maximum absolute atomic E-state index is 13.0. The molecule has 4 rings (SSSR count). The van der Waals surface area contributed by atoms with Crippen molar-refractivity contribution in [3.05, 3.63) is 30.1 Å². The van der Waals surface area contributed by atoms with Crippen LogP contribution in [0, 0.1) is 17.7 Å². The number of halogens is 1. The van der Waals surface area contributed by atoms with Gasteiger partial charge in [0.15, 0.2) is 0 Å². The van der Waals surface area contributed by atoms with E-state index in [2.05, 4.69) is 9.80 Å². The van der Waals surface area contributed by atoms with E-state index in [1.165, 1.54) is 32.4 Å². The molecular weight excluding hydrogens is 265 g/mol. The van der Waals surface area contributed by atoms with Crippen LogP contribution in [0.1, 0.15) is 19.3 Å². The monoisotopic (exact) mass is 289 g/mol. The van der Waals surface area contributed by atoms with Gasteiger partial charge < -0.3 is 10.6 Å². The van der Waals surface area contributed by atoms with Crippen LogP contribution in [-0.2, 0) is 0 Å². The van der Waals surface area contributed by atoms with Crippen LogP contribution in [0.25, 0.3) is 0 Å². The van der Waals surface area contributed by atoms with E-state index in [0.717, 1.165) is 18.8 Å². The Hall–Kier alpha value is -1.13. The number of fused-ring (bicyclic) bond motifs is 2. The van der Waals surface area contributed by atoms with Gasteiger partial charge in [0, 0.05) is 44.0 Å². The Labute approximate surface area is 125 Å². The maximum atomic E-state index is 13.0. The fraction of sp³-hybridized carbons (Fsp3) is 0.647. The SMILES string of the molecule is NC1[C@@H]2CC[C@H]1CN(C1CCN(c3ccc(F)cc3)C1)C2. The van der Waals surface area contributed by atoms with Crippen LogP contribution < -0.4 is 10.6 Å². The van der Waals surface area contributed by atoms with Gasteiger partial charge in [-0.1, -0.05) is 0 Å². The molecule has 3 fully saturated rings. The van der Waals surface area contributed by atoms with Crippen LogP contribution in [0.4, 0.5) is 10.1 Å². The summed E-state index contributed by atoms with van der Waals surface area (Å²) >= 11 is 0. The van der Waals surface area contributed by atoms with E-state index >= 15 is 0 Å². The fourth-order valence-corrected chi connectivity index (χ4v) is 4.53.